The van der Waals surface area contributed by atoms with Gasteiger partial charge in [0.25, 0.3) is 5.91 Å². The Hall–Kier alpha value is -2.70. The van der Waals surface area contributed by atoms with Crippen LogP contribution in [0, 0.1) is 0 Å². The molecule has 1 aromatic carbocycles. The Morgan fingerprint density at radius 2 is 2.07 bits per heavy atom. The second-order valence-corrected chi connectivity index (χ2v) is 8.79. The van der Waals surface area contributed by atoms with E-state index in [1.165, 1.54) is 5.56 Å². The smallest absolute Gasteiger partial charge is 0.253 e. The molecule has 0 saturated carbocycles. The molecule has 1 aliphatic rings. The third-order valence-corrected chi connectivity index (χ3v) is 6.31. The summed E-state index contributed by atoms with van der Waals surface area (Å²) in [6, 6.07) is 12.6. The van der Waals surface area contributed by atoms with Gasteiger partial charge in [0.05, 0.1) is 5.56 Å². The first-order chi connectivity index (χ1) is 14.6. The van der Waals surface area contributed by atoms with Crippen molar-refractivity contribution >= 4 is 22.9 Å². The standard InChI is InChI=1S/C24H28N4OS/c1-27(2)21-9-7-19(8-10-21)22-16-30-17-23(22)24(29)26-20-6-4-12-28(15-20)14-18-5-3-11-25-13-18/h3,5,7-11,13,16-17,20H,4,6,12,14-15H2,1-2H3,(H,26,29). The van der Waals surface area contributed by atoms with Crippen LogP contribution in [0.25, 0.3) is 11.1 Å². The number of benzene rings is 1. The van der Waals surface area contributed by atoms with Crippen LogP contribution in [0.5, 0.6) is 0 Å². The first-order valence-corrected chi connectivity index (χ1v) is 11.3. The van der Waals surface area contributed by atoms with E-state index in [0.717, 1.165) is 54.9 Å². The fourth-order valence-electron chi connectivity index (χ4n) is 3.97. The summed E-state index contributed by atoms with van der Waals surface area (Å²) in [7, 11) is 4.06. The van der Waals surface area contributed by atoms with Crippen LogP contribution in [0.4, 0.5) is 5.69 Å². The predicted molar refractivity (Wildman–Crippen MR) is 124 cm³/mol. The van der Waals surface area contributed by atoms with Crippen LogP contribution >= 0.6 is 11.3 Å². The topological polar surface area (TPSA) is 48.5 Å². The molecule has 1 unspecified atom stereocenters. The van der Waals surface area contributed by atoms with E-state index >= 15 is 0 Å². The molecule has 3 aromatic rings. The van der Waals surface area contributed by atoms with E-state index in [1.54, 1.807) is 17.5 Å². The van der Waals surface area contributed by atoms with Crippen molar-refractivity contribution in [2.24, 2.45) is 0 Å². The van der Waals surface area contributed by atoms with E-state index in [9.17, 15) is 4.79 Å². The minimum atomic E-state index is 0.0242. The maximum absolute atomic E-state index is 13.1. The van der Waals surface area contributed by atoms with Gasteiger partial charge in [-0.25, -0.2) is 0 Å². The number of carbonyl (C=O) groups is 1. The molecule has 1 fully saturated rings. The van der Waals surface area contributed by atoms with Crippen molar-refractivity contribution in [3.05, 3.63) is 70.7 Å². The van der Waals surface area contributed by atoms with Crippen molar-refractivity contribution in [2.45, 2.75) is 25.4 Å². The molecule has 1 atom stereocenters. The summed E-state index contributed by atoms with van der Waals surface area (Å²) < 4.78 is 0. The quantitative estimate of drug-likeness (QED) is 0.647. The molecule has 3 heterocycles. The Kier molecular flexibility index (Phi) is 6.45. The van der Waals surface area contributed by atoms with Crippen LogP contribution in [0.3, 0.4) is 0 Å². The van der Waals surface area contributed by atoms with Crippen molar-refractivity contribution in [3.8, 4) is 11.1 Å². The van der Waals surface area contributed by atoms with Gasteiger partial charge in [-0.05, 0) is 54.1 Å². The number of aromatic nitrogens is 1. The highest BCUT2D eigenvalue weighted by atomic mass is 32.1. The van der Waals surface area contributed by atoms with Crippen molar-refractivity contribution in [1.82, 2.24) is 15.2 Å². The highest BCUT2D eigenvalue weighted by molar-refractivity contribution is 7.08. The van der Waals surface area contributed by atoms with Gasteiger partial charge >= 0.3 is 0 Å². The minimum Gasteiger partial charge on any atom is -0.378 e. The highest BCUT2D eigenvalue weighted by Crippen LogP contribution is 2.29. The Labute approximate surface area is 182 Å². The molecule has 30 heavy (non-hydrogen) atoms. The fourth-order valence-corrected chi connectivity index (χ4v) is 4.80. The van der Waals surface area contributed by atoms with E-state index in [-0.39, 0.29) is 11.9 Å². The Morgan fingerprint density at radius 1 is 1.23 bits per heavy atom. The van der Waals surface area contributed by atoms with Gasteiger partial charge in [-0.2, -0.15) is 11.3 Å². The van der Waals surface area contributed by atoms with Gasteiger partial charge in [-0.1, -0.05) is 18.2 Å². The number of nitrogens with one attached hydrogen (secondary N) is 1. The fraction of sp³-hybridized carbons (Fsp3) is 0.333. The van der Waals surface area contributed by atoms with Gasteiger partial charge in [0.15, 0.2) is 0 Å². The molecule has 1 N–H and O–H groups in total. The van der Waals surface area contributed by atoms with Gasteiger partial charge in [0.1, 0.15) is 0 Å². The number of thiophene rings is 1. The number of hydrogen-bond acceptors (Lipinski definition) is 5. The summed E-state index contributed by atoms with van der Waals surface area (Å²) in [6.45, 7) is 2.81. The number of carbonyl (C=O) groups excluding carboxylic acids is 1. The predicted octanol–water partition coefficient (Wildman–Crippen LogP) is 4.27. The van der Waals surface area contributed by atoms with Crippen LogP contribution in [0.2, 0.25) is 0 Å². The number of nitrogens with zero attached hydrogens (tertiary/aromatic N) is 3. The lowest BCUT2D eigenvalue weighted by molar-refractivity contribution is 0.0902. The van der Waals surface area contributed by atoms with Gasteiger partial charge in [0, 0.05) is 62.3 Å². The van der Waals surface area contributed by atoms with Crippen molar-refractivity contribution < 1.29 is 4.79 Å². The molecule has 0 bridgehead atoms. The normalized spacial score (nSPS) is 16.9. The van der Waals surface area contributed by atoms with E-state index in [0.29, 0.717) is 0 Å². The SMILES string of the molecule is CN(C)c1ccc(-c2cscc2C(=O)NC2CCCN(Cc3cccnc3)C2)cc1. The first-order valence-electron chi connectivity index (χ1n) is 10.4. The third kappa shape index (κ3) is 4.89. The summed E-state index contributed by atoms with van der Waals surface area (Å²) in [6.07, 6.45) is 5.83. The number of likely N-dealkylation sites (tertiary alicyclic amines) is 1. The summed E-state index contributed by atoms with van der Waals surface area (Å²) >= 11 is 1.58. The molecule has 0 spiro atoms. The lowest BCUT2D eigenvalue weighted by atomic mass is 10.0. The largest absolute Gasteiger partial charge is 0.378 e. The molecule has 5 nitrogen and oxygen atoms in total. The summed E-state index contributed by atoms with van der Waals surface area (Å²) in [5.74, 6) is 0.0242. The van der Waals surface area contributed by atoms with E-state index in [4.69, 9.17) is 0 Å². The second-order valence-electron chi connectivity index (χ2n) is 8.05. The molecular formula is C24H28N4OS. The molecule has 1 amide bonds. The van der Waals surface area contributed by atoms with Crippen molar-refractivity contribution in [3.63, 3.8) is 0 Å². The number of pyridine rings is 1. The van der Waals surface area contributed by atoms with Gasteiger partial charge in [-0.15, -0.1) is 0 Å². The van der Waals surface area contributed by atoms with Crippen LogP contribution in [-0.2, 0) is 6.54 Å². The molecule has 6 heteroatoms. The molecule has 1 aliphatic heterocycles. The monoisotopic (exact) mass is 420 g/mol. The summed E-state index contributed by atoms with van der Waals surface area (Å²) in [4.78, 5) is 21.8. The molecular weight excluding hydrogens is 392 g/mol. The Morgan fingerprint density at radius 3 is 2.80 bits per heavy atom. The lowest BCUT2D eigenvalue weighted by Gasteiger charge is -2.33. The molecule has 156 valence electrons. The molecule has 0 aliphatic carbocycles. The van der Waals surface area contributed by atoms with E-state index < -0.39 is 0 Å². The molecule has 4 rings (SSSR count). The van der Waals surface area contributed by atoms with E-state index in [2.05, 4.69) is 55.8 Å². The summed E-state index contributed by atoms with van der Waals surface area (Å²) in [5.41, 5.74) is 5.21. The van der Waals surface area contributed by atoms with E-state index in [1.807, 2.05) is 31.7 Å². The Bertz CT molecular complexity index is 968. The zero-order valence-electron chi connectivity index (χ0n) is 17.5. The maximum atomic E-state index is 13.1. The van der Waals surface area contributed by atoms with Gasteiger partial charge in [0.2, 0.25) is 0 Å². The highest BCUT2D eigenvalue weighted by Gasteiger charge is 2.23. The first kappa shape index (κ1) is 20.6. The van der Waals surface area contributed by atoms with Crippen molar-refractivity contribution in [2.75, 3.05) is 32.1 Å². The molecule has 1 saturated heterocycles. The number of anilines is 1. The zero-order chi connectivity index (χ0) is 20.9. The number of amides is 1. The maximum Gasteiger partial charge on any atom is 0.253 e. The van der Waals surface area contributed by atoms with Crippen LogP contribution < -0.4 is 10.2 Å². The van der Waals surface area contributed by atoms with Crippen molar-refractivity contribution in [1.29, 1.82) is 0 Å². The number of hydrogen-bond donors (Lipinski definition) is 1. The van der Waals surface area contributed by atoms with Gasteiger partial charge in [-0.3, -0.25) is 14.7 Å². The number of rotatable bonds is 6. The average molecular weight is 421 g/mol. The number of piperidine rings is 1. The Balaban J connectivity index is 1.41. The van der Waals surface area contributed by atoms with Crippen LogP contribution in [0.1, 0.15) is 28.8 Å². The lowest BCUT2D eigenvalue weighted by Crippen LogP contribution is -2.47. The van der Waals surface area contributed by atoms with Crippen LogP contribution in [0.15, 0.2) is 59.6 Å². The summed E-state index contributed by atoms with van der Waals surface area (Å²) in [5, 5.41) is 7.30. The van der Waals surface area contributed by atoms with Crippen LogP contribution in [-0.4, -0.2) is 49.0 Å². The second kappa shape index (κ2) is 9.41. The third-order valence-electron chi connectivity index (χ3n) is 5.57. The molecule has 0 radical (unpaired) electrons. The zero-order valence-corrected chi connectivity index (χ0v) is 18.4. The molecule has 2 aromatic heterocycles. The van der Waals surface area contributed by atoms with Gasteiger partial charge < -0.3 is 10.2 Å². The minimum absolute atomic E-state index is 0.0242. The average Bonchev–Trinajstić information content (AvgIpc) is 3.25.